The van der Waals surface area contributed by atoms with Crippen LogP contribution in [0.3, 0.4) is 0 Å². The zero-order chi connectivity index (χ0) is 17.9. The summed E-state index contributed by atoms with van der Waals surface area (Å²) in [6.45, 7) is 4.86. The van der Waals surface area contributed by atoms with Crippen molar-refractivity contribution in [3.63, 3.8) is 0 Å². The highest BCUT2D eigenvalue weighted by Gasteiger charge is 2.48. The average Bonchev–Trinajstić information content (AvgIpc) is 3.26. The van der Waals surface area contributed by atoms with Gasteiger partial charge in [0.15, 0.2) is 0 Å². The molecule has 1 amide bonds. The van der Waals surface area contributed by atoms with E-state index in [0.29, 0.717) is 12.5 Å². The Morgan fingerprint density at radius 1 is 1.31 bits per heavy atom. The van der Waals surface area contributed by atoms with Crippen LogP contribution >= 0.6 is 0 Å². The van der Waals surface area contributed by atoms with Crippen molar-refractivity contribution in [3.05, 3.63) is 53.8 Å². The summed E-state index contributed by atoms with van der Waals surface area (Å²) in [5, 5.41) is 1.05. The summed E-state index contributed by atoms with van der Waals surface area (Å²) >= 11 is 0. The van der Waals surface area contributed by atoms with E-state index in [1.54, 1.807) is 6.33 Å². The first kappa shape index (κ1) is 15.7. The van der Waals surface area contributed by atoms with Crippen molar-refractivity contribution in [2.75, 3.05) is 6.54 Å². The number of nitrogens with one attached hydrogen (secondary N) is 1. The van der Waals surface area contributed by atoms with E-state index in [0.717, 1.165) is 47.4 Å². The van der Waals surface area contributed by atoms with Crippen LogP contribution in [0.15, 0.2) is 41.1 Å². The van der Waals surface area contributed by atoms with E-state index in [-0.39, 0.29) is 17.4 Å². The van der Waals surface area contributed by atoms with Crippen LogP contribution in [-0.4, -0.2) is 27.3 Å². The predicted octanol–water partition coefficient (Wildman–Crippen LogP) is 4.07. The molecule has 134 valence electrons. The van der Waals surface area contributed by atoms with Gasteiger partial charge in [-0.2, -0.15) is 0 Å². The lowest BCUT2D eigenvalue weighted by molar-refractivity contribution is -0.144. The number of carbonyl (C=O) groups excluding carboxylic acids is 1. The number of carbonyl (C=O) groups is 1. The largest absolute Gasteiger partial charge is 0.458 e. The first-order valence-corrected chi connectivity index (χ1v) is 9.37. The van der Waals surface area contributed by atoms with Gasteiger partial charge < -0.3 is 14.3 Å². The summed E-state index contributed by atoms with van der Waals surface area (Å²) in [5.41, 5.74) is 2.52. The Hall–Kier alpha value is -2.56. The number of hydrogen-bond acceptors (Lipinski definition) is 3. The van der Waals surface area contributed by atoms with Crippen LogP contribution in [-0.2, 0) is 11.2 Å². The van der Waals surface area contributed by atoms with Gasteiger partial charge in [0.05, 0.1) is 12.0 Å². The first-order chi connectivity index (χ1) is 12.6. The number of para-hydroxylation sites is 1. The highest BCUT2D eigenvalue weighted by atomic mass is 16.3. The minimum Gasteiger partial charge on any atom is -0.458 e. The fourth-order valence-corrected chi connectivity index (χ4v) is 4.27. The Kier molecular flexibility index (Phi) is 3.30. The van der Waals surface area contributed by atoms with Crippen molar-refractivity contribution in [1.29, 1.82) is 0 Å². The summed E-state index contributed by atoms with van der Waals surface area (Å²) in [4.78, 5) is 23.2. The van der Waals surface area contributed by atoms with E-state index in [9.17, 15) is 4.79 Å². The standard InChI is InChI=1S/C21H23N3O2/c1-21(2,14-7-8-14)20(25)24-10-9-15-18(23-12-22-15)19(24)17-11-13-5-3-4-6-16(13)26-17/h3-6,11-12,14,19H,7-10H2,1-2H3,(H,22,23)/t19-/m1/s1. The fraction of sp³-hybridized carbons (Fsp3) is 0.429. The van der Waals surface area contributed by atoms with Crippen LogP contribution in [0.25, 0.3) is 11.0 Å². The maximum absolute atomic E-state index is 13.5. The molecule has 3 aromatic rings. The lowest BCUT2D eigenvalue weighted by atomic mass is 9.84. The van der Waals surface area contributed by atoms with Gasteiger partial charge in [-0.15, -0.1) is 0 Å². The normalized spacial score (nSPS) is 20.4. The van der Waals surface area contributed by atoms with E-state index in [2.05, 4.69) is 23.8 Å². The molecule has 1 aliphatic heterocycles. The molecule has 1 N–H and O–H groups in total. The van der Waals surface area contributed by atoms with Crippen molar-refractivity contribution in [3.8, 4) is 0 Å². The Balaban J connectivity index is 1.61. The Bertz CT molecular complexity index is 947. The van der Waals surface area contributed by atoms with Crippen LogP contribution in [0.5, 0.6) is 0 Å². The van der Waals surface area contributed by atoms with Crippen molar-refractivity contribution >= 4 is 16.9 Å². The molecule has 2 aromatic heterocycles. The van der Waals surface area contributed by atoms with Crippen LogP contribution in [0.1, 0.15) is 49.9 Å². The molecule has 1 atom stereocenters. The fourth-order valence-electron chi connectivity index (χ4n) is 4.27. The van der Waals surface area contributed by atoms with Gasteiger partial charge >= 0.3 is 0 Å². The number of benzene rings is 1. The van der Waals surface area contributed by atoms with Crippen LogP contribution in [0, 0.1) is 11.3 Å². The number of aromatic nitrogens is 2. The van der Waals surface area contributed by atoms with Gasteiger partial charge in [-0.1, -0.05) is 32.0 Å². The van der Waals surface area contributed by atoms with Gasteiger partial charge in [-0.3, -0.25) is 4.79 Å². The molecular weight excluding hydrogens is 326 g/mol. The second-order valence-corrected chi connectivity index (χ2v) is 8.10. The second-order valence-electron chi connectivity index (χ2n) is 8.10. The number of hydrogen-bond donors (Lipinski definition) is 1. The quantitative estimate of drug-likeness (QED) is 0.775. The van der Waals surface area contributed by atoms with E-state index < -0.39 is 0 Å². The van der Waals surface area contributed by atoms with Gasteiger partial charge in [-0.25, -0.2) is 4.98 Å². The molecule has 0 bridgehead atoms. The molecule has 0 unspecified atom stereocenters. The zero-order valence-corrected chi connectivity index (χ0v) is 15.2. The van der Waals surface area contributed by atoms with Crippen molar-refractivity contribution < 1.29 is 9.21 Å². The summed E-state index contributed by atoms with van der Waals surface area (Å²) in [6.07, 6.45) is 4.82. The van der Waals surface area contributed by atoms with Gasteiger partial charge in [0.2, 0.25) is 5.91 Å². The molecule has 5 rings (SSSR count). The Morgan fingerprint density at radius 2 is 2.12 bits per heavy atom. The third-order valence-corrected chi connectivity index (χ3v) is 6.05. The molecule has 0 radical (unpaired) electrons. The van der Waals surface area contributed by atoms with Crippen LogP contribution in [0.2, 0.25) is 0 Å². The number of imidazole rings is 1. The number of aromatic amines is 1. The van der Waals surface area contributed by atoms with Gasteiger partial charge in [0, 0.05) is 29.5 Å². The van der Waals surface area contributed by atoms with Crippen LogP contribution < -0.4 is 0 Å². The number of nitrogens with zero attached hydrogens (tertiary/aromatic N) is 2. The van der Waals surface area contributed by atoms with Crippen molar-refractivity contribution in [2.24, 2.45) is 11.3 Å². The van der Waals surface area contributed by atoms with Gasteiger partial charge in [0.25, 0.3) is 0 Å². The minimum atomic E-state index is -0.335. The van der Waals surface area contributed by atoms with E-state index in [1.165, 1.54) is 0 Å². The van der Waals surface area contributed by atoms with Crippen molar-refractivity contribution in [1.82, 2.24) is 14.9 Å². The van der Waals surface area contributed by atoms with Gasteiger partial charge in [0.1, 0.15) is 17.4 Å². The molecular formula is C21H23N3O2. The topological polar surface area (TPSA) is 62.1 Å². The highest BCUT2D eigenvalue weighted by Crippen LogP contribution is 2.48. The molecule has 1 fully saturated rings. The third-order valence-electron chi connectivity index (χ3n) is 6.05. The molecule has 0 spiro atoms. The molecule has 1 aromatic carbocycles. The molecule has 1 saturated carbocycles. The second kappa shape index (κ2) is 5.47. The SMILES string of the molecule is CC(C)(C(=O)N1CCc2[nH]cnc2[C@H]1c1cc2ccccc2o1)C1CC1. The number of amides is 1. The highest BCUT2D eigenvalue weighted by molar-refractivity contribution is 5.84. The predicted molar refractivity (Wildman–Crippen MR) is 98.6 cm³/mol. The molecule has 1 aliphatic carbocycles. The minimum absolute atomic E-state index is 0.208. The molecule has 3 heterocycles. The summed E-state index contributed by atoms with van der Waals surface area (Å²) in [5.74, 6) is 1.49. The Morgan fingerprint density at radius 3 is 2.88 bits per heavy atom. The molecule has 5 nitrogen and oxygen atoms in total. The Labute approximate surface area is 152 Å². The summed E-state index contributed by atoms with van der Waals surface area (Å²) in [6, 6.07) is 9.76. The smallest absolute Gasteiger partial charge is 0.229 e. The van der Waals surface area contributed by atoms with E-state index in [1.807, 2.05) is 35.2 Å². The summed E-state index contributed by atoms with van der Waals surface area (Å²) in [7, 11) is 0. The number of furan rings is 1. The van der Waals surface area contributed by atoms with Gasteiger partial charge in [-0.05, 0) is 30.9 Å². The molecule has 2 aliphatic rings. The number of rotatable bonds is 3. The molecule has 26 heavy (non-hydrogen) atoms. The maximum Gasteiger partial charge on any atom is 0.229 e. The monoisotopic (exact) mass is 349 g/mol. The lowest BCUT2D eigenvalue weighted by Gasteiger charge is -2.39. The van der Waals surface area contributed by atoms with E-state index >= 15 is 0 Å². The van der Waals surface area contributed by atoms with Crippen molar-refractivity contribution in [2.45, 2.75) is 39.2 Å². The van der Waals surface area contributed by atoms with Crippen LogP contribution in [0.4, 0.5) is 0 Å². The number of H-pyrrole nitrogens is 1. The maximum atomic E-state index is 13.5. The van der Waals surface area contributed by atoms with E-state index in [4.69, 9.17) is 4.42 Å². The third kappa shape index (κ3) is 2.30. The zero-order valence-electron chi connectivity index (χ0n) is 15.2. The summed E-state index contributed by atoms with van der Waals surface area (Å²) < 4.78 is 6.16. The lowest BCUT2D eigenvalue weighted by Crippen LogP contribution is -2.47. The molecule has 5 heteroatoms. The molecule has 0 saturated heterocycles. The average molecular weight is 349 g/mol. The number of fused-ring (bicyclic) bond motifs is 2. The first-order valence-electron chi connectivity index (χ1n) is 9.37.